The molecule has 1 aromatic rings. The van der Waals surface area contributed by atoms with Crippen LogP contribution in [-0.4, -0.2) is 23.6 Å². The van der Waals surface area contributed by atoms with Crippen LogP contribution in [0.25, 0.3) is 0 Å². The van der Waals surface area contributed by atoms with Crippen LogP contribution in [0.2, 0.25) is 0 Å². The monoisotopic (exact) mass is 391 g/mol. The molecule has 0 bridgehead atoms. The van der Waals surface area contributed by atoms with Gasteiger partial charge < -0.3 is 4.98 Å². The van der Waals surface area contributed by atoms with E-state index < -0.39 is 18.6 Å². The Kier molecular flexibility index (Phi) is 7.71. The molecule has 1 aromatic heterocycles. The van der Waals surface area contributed by atoms with Gasteiger partial charge in [-0.1, -0.05) is 69.6 Å². The molecule has 0 aliphatic carbocycles. The summed E-state index contributed by atoms with van der Waals surface area (Å²) in [7, 11) is 0. The minimum Gasteiger partial charge on any atom is -0.359 e. The summed E-state index contributed by atoms with van der Waals surface area (Å²) in [6, 6.07) is 3.20. The number of hydrogen-bond acceptors (Lipinski definition) is 2. The van der Waals surface area contributed by atoms with Gasteiger partial charge in [-0.15, -0.1) is 0 Å². The van der Waals surface area contributed by atoms with Gasteiger partial charge in [0, 0.05) is 6.20 Å². The van der Waals surface area contributed by atoms with E-state index in [1.807, 2.05) is 0 Å². The number of Topliss-reactive ketones (excluding diaryl/α,β-unsaturated/α-hetero) is 1. The van der Waals surface area contributed by atoms with E-state index in [0.717, 1.165) is 0 Å². The smallest absolute Gasteiger partial charge is 0.273 e. The third-order valence-electron chi connectivity index (χ3n) is 1.32. The maximum absolute atomic E-state index is 11.1. The molecule has 0 aliphatic rings. The second-order valence-electron chi connectivity index (χ2n) is 2.68. The van der Waals surface area contributed by atoms with Crippen LogP contribution in [0.1, 0.15) is 10.5 Å². The zero-order chi connectivity index (χ0) is 14.6. The van der Waals surface area contributed by atoms with Crippen LogP contribution in [0.5, 0.6) is 0 Å². The molecule has 0 aliphatic heterocycles. The Balaban J connectivity index is 0.000000360. The maximum Gasteiger partial charge on any atom is 0.273 e. The predicted molar refractivity (Wildman–Crippen MR) is 76.6 cm³/mol. The van der Waals surface area contributed by atoms with E-state index in [1.165, 1.54) is 0 Å². The number of nitrogens with one attached hydrogen (secondary N) is 1. The van der Waals surface area contributed by atoms with E-state index >= 15 is 0 Å². The van der Waals surface area contributed by atoms with Gasteiger partial charge >= 0.3 is 0 Å². The molecule has 10 heteroatoms. The molecular weight excluding hydrogens is 390 g/mol. The molecule has 0 saturated heterocycles. The van der Waals surface area contributed by atoms with E-state index in [1.54, 1.807) is 18.3 Å². The summed E-state index contributed by atoms with van der Waals surface area (Å²) in [4.78, 5) is 23.6. The van der Waals surface area contributed by atoms with Gasteiger partial charge in [-0.3, -0.25) is 9.59 Å². The molecule has 0 amide bonds. The summed E-state index contributed by atoms with van der Waals surface area (Å²) in [6.07, 6.45) is 1.59. The summed E-state index contributed by atoms with van der Waals surface area (Å²) in [5, 5.41) is -0.988. The topological polar surface area (TPSA) is 49.9 Å². The average Bonchev–Trinajstić information content (AvgIpc) is 2.66. The molecule has 3 nitrogen and oxygen atoms in total. The highest BCUT2D eigenvalue weighted by Gasteiger charge is 2.32. The van der Waals surface area contributed by atoms with Gasteiger partial charge in [0.15, 0.2) is 0 Å². The van der Waals surface area contributed by atoms with Crippen molar-refractivity contribution in [2.45, 2.75) is 7.59 Å². The number of carbonyl (C=O) groups excluding carboxylic acids is 2. The number of carbonyl (C=O) groups is 2. The molecule has 1 rings (SSSR count). The highest BCUT2D eigenvalue weighted by Crippen LogP contribution is 2.29. The number of halogens is 7. The zero-order valence-corrected chi connectivity index (χ0v) is 13.5. The van der Waals surface area contributed by atoms with Gasteiger partial charge in [0.1, 0.15) is 0 Å². The Morgan fingerprint density at radius 2 is 1.44 bits per heavy atom. The molecule has 0 unspecified atom stereocenters. The third-order valence-corrected chi connectivity index (χ3v) is 2.93. The third kappa shape index (κ3) is 7.29. The fraction of sp³-hybridized carbons (Fsp3) is 0.250. The average molecular weight is 394 g/mol. The van der Waals surface area contributed by atoms with Crippen LogP contribution in [0.15, 0.2) is 18.3 Å². The Bertz CT molecular complexity index is 404. The lowest BCUT2D eigenvalue weighted by Crippen LogP contribution is -2.18. The highest BCUT2D eigenvalue weighted by molar-refractivity contribution is 6.88. The zero-order valence-electron chi connectivity index (χ0n) is 8.19. The van der Waals surface area contributed by atoms with Crippen LogP contribution in [0.4, 0.5) is 0 Å². The summed E-state index contributed by atoms with van der Waals surface area (Å²) in [5.41, 5.74) is 0.296. The number of rotatable bonds is 1. The van der Waals surface area contributed by atoms with Crippen molar-refractivity contribution in [3.8, 4) is 0 Å². The van der Waals surface area contributed by atoms with Gasteiger partial charge in [0.2, 0.25) is 5.78 Å². The highest BCUT2D eigenvalue weighted by atomic mass is 35.6. The van der Waals surface area contributed by atoms with E-state index in [2.05, 4.69) is 4.98 Å². The van der Waals surface area contributed by atoms with Crippen LogP contribution < -0.4 is 0 Å². The number of hydrogen-bond donors (Lipinski definition) is 1. The fourth-order valence-corrected chi connectivity index (χ4v) is 0.930. The summed E-state index contributed by atoms with van der Waals surface area (Å²) in [6.45, 7) is 0. The van der Waals surface area contributed by atoms with Crippen molar-refractivity contribution in [3.63, 3.8) is 0 Å². The first-order valence-corrected chi connectivity index (χ1v) is 6.62. The number of aromatic amines is 1. The molecule has 0 spiro atoms. The van der Waals surface area contributed by atoms with Crippen LogP contribution in [-0.2, 0) is 4.79 Å². The van der Waals surface area contributed by atoms with Gasteiger partial charge in [-0.2, -0.15) is 0 Å². The van der Waals surface area contributed by atoms with Gasteiger partial charge in [0.05, 0.1) is 5.69 Å². The van der Waals surface area contributed by atoms with Crippen molar-refractivity contribution in [1.29, 1.82) is 0 Å². The molecule has 0 atom stereocenters. The van der Waals surface area contributed by atoms with Crippen molar-refractivity contribution >= 4 is 92.2 Å². The predicted octanol–water partition coefficient (Wildman–Crippen LogP) is 4.69. The second kappa shape index (κ2) is 7.44. The maximum atomic E-state index is 11.1. The normalized spacial score (nSPS) is 11.5. The minimum absolute atomic E-state index is 0.296. The molecular formula is C8H4Cl7NO2. The quantitative estimate of drug-likeness (QED) is 0.427. The van der Waals surface area contributed by atoms with Gasteiger partial charge in [-0.25, -0.2) is 0 Å². The molecule has 1 heterocycles. The first-order valence-electron chi connectivity index (χ1n) is 3.98. The fourth-order valence-electron chi connectivity index (χ4n) is 0.624. The Morgan fingerprint density at radius 3 is 1.67 bits per heavy atom. The lowest BCUT2D eigenvalue weighted by molar-refractivity contribution is -0.110. The van der Waals surface area contributed by atoms with Crippen molar-refractivity contribution < 1.29 is 9.59 Å². The second-order valence-corrected chi connectivity index (χ2v) is 7.59. The molecule has 0 aromatic carbocycles. The summed E-state index contributed by atoms with van der Waals surface area (Å²) >= 11 is 35.5. The van der Waals surface area contributed by atoms with Crippen LogP contribution in [0, 0.1) is 0 Å². The van der Waals surface area contributed by atoms with Crippen LogP contribution >= 0.6 is 81.2 Å². The largest absolute Gasteiger partial charge is 0.359 e. The van der Waals surface area contributed by atoms with Crippen molar-refractivity contribution in [3.05, 3.63) is 24.0 Å². The van der Waals surface area contributed by atoms with E-state index in [9.17, 15) is 9.59 Å². The Labute approximate surface area is 138 Å². The van der Waals surface area contributed by atoms with E-state index in [4.69, 9.17) is 81.2 Å². The molecule has 0 radical (unpaired) electrons. The van der Waals surface area contributed by atoms with Gasteiger partial charge in [-0.05, 0) is 23.7 Å². The number of alkyl halides is 6. The van der Waals surface area contributed by atoms with Crippen molar-refractivity contribution in [1.82, 2.24) is 4.98 Å². The SMILES string of the molecule is O=C(Cl)C(Cl)(Cl)Cl.O=C(c1ccc[nH]1)C(Cl)(Cl)Cl. The Morgan fingerprint density at radius 1 is 1.00 bits per heavy atom. The van der Waals surface area contributed by atoms with E-state index in [-0.39, 0.29) is 0 Å². The van der Waals surface area contributed by atoms with Crippen molar-refractivity contribution in [2.24, 2.45) is 0 Å². The lowest BCUT2D eigenvalue weighted by atomic mass is 10.3. The number of aromatic nitrogens is 1. The first-order chi connectivity index (χ1) is 7.96. The standard InChI is InChI=1S/C6H4Cl3NO.C2Cl4O/c7-6(8,9)5(11)4-2-1-3-10-4;3-1(7)2(4,5)6/h1-3,10H;. The molecule has 102 valence electrons. The Hall–Kier alpha value is 0.650. The first kappa shape index (κ1) is 18.7. The van der Waals surface area contributed by atoms with Gasteiger partial charge in [0.25, 0.3) is 12.8 Å². The number of H-pyrrole nitrogens is 1. The summed E-state index contributed by atoms with van der Waals surface area (Å²) in [5.74, 6) is -0.549. The number of ketones is 1. The van der Waals surface area contributed by atoms with Crippen molar-refractivity contribution in [2.75, 3.05) is 0 Å². The molecule has 0 saturated carbocycles. The summed E-state index contributed by atoms with van der Waals surface area (Å²) < 4.78 is -3.83. The molecule has 18 heavy (non-hydrogen) atoms. The minimum atomic E-state index is -1.96. The molecule has 0 fully saturated rings. The van der Waals surface area contributed by atoms with E-state index in [0.29, 0.717) is 5.69 Å². The molecule has 1 N–H and O–H groups in total. The van der Waals surface area contributed by atoms with Crippen LogP contribution in [0.3, 0.4) is 0 Å². The lowest BCUT2D eigenvalue weighted by Gasteiger charge is -2.06.